The van der Waals surface area contributed by atoms with Gasteiger partial charge in [-0.15, -0.1) is 11.3 Å². The molecule has 1 aliphatic rings. The standard InChI is InChI=1S/C12H14N2S.C4H9NO.C2H6.CH2O/c1-9-12(15-8-14-9)11-5-3-10(4-6-11)7-13-2;6-4-1-2-5-3-4;2*1-2/h3-6,8,13H,7H2,1-2H3;4-6H,1-3H2;1-2H3;1H2. The lowest BCUT2D eigenvalue weighted by molar-refractivity contribution is -0.0979. The van der Waals surface area contributed by atoms with Gasteiger partial charge in [0.1, 0.15) is 6.79 Å². The molecule has 1 fully saturated rings. The lowest BCUT2D eigenvalue weighted by Crippen LogP contribution is -2.11. The molecule has 5 nitrogen and oxygen atoms in total. The van der Waals surface area contributed by atoms with Crippen LogP contribution in [0.3, 0.4) is 0 Å². The van der Waals surface area contributed by atoms with Gasteiger partial charge in [-0.2, -0.15) is 0 Å². The van der Waals surface area contributed by atoms with Crippen molar-refractivity contribution in [2.24, 2.45) is 0 Å². The first kappa shape index (κ1) is 23.4. The maximum atomic E-state index is 8.67. The predicted molar refractivity (Wildman–Crippen MR) is 107 cm³/mol. The van der Waals surface area contributed by atoms with Gasteiger partial charge in [0.25, 0.3) is 0 Å². The quantitative estimate of drug-likeness (QED) is 0.780. The summed E-state index contributed by atoms with van der Waals surface area (Å²) < 4.78 is 0. The molecule has 3 rings (SSSR count). The second-order valence-electron chi connectivity index (χ2n) is 5.14. The molecule has 2 aromatic rings. The molecule has 0 radical (unpaired) electrons. The third kappa shape index (κ3) is 8.88. The SMILES string of the molecule is C=O.CC.CNCc1ccc(-c2scnc2C)cc1.OC1CCNC1. The van der Waals surface area contributed by atoms with Gasteiger partial charge in [0.05, 0.1) is 22.2 Å². The molecule has 1 aromatic carbocycles. The summed E-state index contributed by atoms with van der Waals surface area (Å²) in [5.41, 5.74) is 5.58. The fourth-order valence-electron chi connectivity index (χ4n) is 2.20. The van der Waals surface area contributed by atoms with Gasteiger partial charge in [0.15, 0.2) is 0 Å². The number of carbonyl (C=O) groups excluding carboxylic acids is 1. The van der Waals surface area contributed by atoms with Crippen molar-refractivity contribution >= 4 is 18.1 Å². The van der Waals surface area contributed by atoms with Gasteiger partial charge >= 0.3 is 0 Å². The average molecular weight is 366 g/mol. The summed E-state index contributed by atoms with van der Waals surface area (Å²) in [5, 5.41) is 14.8. The van der Waals surface area contributed by atoms with Crippen molar-refractivity contribution in [2.75, 3.05) is 20.1 Å². The van der Waals surface area contributed by atoms with Crippen LogP contribution in [0, 0.1) is 6.92 Å². The van der Waals surface area contributed by atoms with E-state index in [1.54, 1.807) is 11.3 Å². The van der Waals surface area contributed by atoms with Crippen molar-refractivity contribution < 1.29 is 9.90 Å². The van der Waals surface area contributed by atoms with E-state index in [9.17, 15) is 0 Å². The summed E-state index contributed by atoms with van der Waals surface area (Å²) in [6, 6.07) is 8.64. The Labute approximate surface area is 155 Å². The minimum Gasteiger partial charge on any atom is -0.392 e. The first-order valence-electron chi connectivity index (χ1n) is 8.52. The Bertz CT molecular complexity index is 552. The lowest BCUT2D eigenvalue weighted by atomic mass is 10.1. The molecule has 1 saturated heterocycles. The van der Waals surface area contributed by atoms with Crippen LogP contribution >= 0.6 is 11.3 Å². The molecular formula is C19H31N3O2S. The van der Waals surface area contributed by atoms with E-state index in [4.69, 9.17) is 9.90 Å². The Morgan fingerprint density at radius 2 is 1.96 bits per heavy atom. The zero-order valence-electron chi connectivity index (χ0n) is 15.7. The fraction of sp³-hybridized carbons (Fsp3) is 0.474. The Morgan fingerprint density at radius 3 is 2.32 bits per heavy atom. The second-order valence-corrected chi connectivity index (χ2v) is 6.00. The van der Waals surface area contributed by atoms with Crippen LogP contribution in [0.2, 0.25) is 0 Å². The molecule has 0 bridgehead atoms. The molecular weight excluding hydrogens is 334 g/mol. The molecule has 1 aliphatic heterocycles. The van der Waals surface area contributed by atoms with E-state index in [2.05, 4.69) is 39.9 Å². The zero-order valence-corrected chi connectivity index (χ0v) is 16.5. The number of nitrogens with zero attached hydrogens (tertiary/aromatic N) is 1. The summed E-state index contributed by atoms with van der Waals surface area (Å²) in [6.45, 7) is 10.7. The van der Waals surface area contributed by atoms with Crippen LogP contribution in [-0.2, 0) is 11.3 Å². The Kier molecular flexibility index (Phi) is 13.8. The van der Waals surface area contributed by atoms with Gasteiger partial charge in [-0.1, -0.05) is 38.1 Å². The van der Waals surface area contributed by atoms with Crippen LogP contribution in [-0.4, -0.2) is 43.1 Å². The molecule has 2 heterocycles. The van der Waals surface area contributed by atoms with Gasteiger partial charge in [0.2, 0.25) is 0 Å². The summed E-state index contributed by atoms with van der Waals surface area (Å²) in [4.78, 5) is 13.5. The number of aryl methyl sites for hydroxylation is 1. The number of benzene rings is 1. The highest BCUT2D eigenvalue weighted by Crippen LogP contribution is 2.27. The lowest BCUT2D eigenvalue weighted by Gasteiger charge is -2.02. The number of carbonyl (C=O) groups is 1. The highest BCUT2D eigenvalue weighted by molar-refractivity contribution is 7.13. The van der Waals surface area contributed by atoms with E-state index in [0.717, 1.165) is 31.7 Å². The number of hydrogen-bond donors (Lipinski definition) is 3. The van der Waals surface area contributed by atoms with Crippen LogP contribution in [0.1, 0.15) is 31.5 Å². The van der Waals surface area contributed by atoms with Gasteiger partial charge in [-0.05, 0) is 38.1 Å². The number of nitrogens with one attached hydrogen (secondary N) is 2. The van der Waals surface area contributed by atoms with E-state index >= 15 is 0 Å². The summed E-state index contributed by atoms with van der Waals surface area (Å²) in [5.74, 6) is 0. The number of thiazole rings is 1. The first-order chi connectivity index (χ1) is 12.2. The van der Waals surface area contributed by atoms with Gasteiger partial charge in [0, 0.05) is 13.1 Å². The number of aromatic nitrogens is 1. The number of aliphatic hydroxyl groups excluding tert-OH is 1. The third-order valence-corrected chi connectivity index (χ3v) is 4.35. The maximum absolute atomic E-state index is 8.67. The van der Waals surface area contributed by atoms with Crippen LogP contribution < -0.4 is 10.6 Å². The van der Waals surface area contributed by atoms with Crippen molar-refractivity contribution in [3.8, 4) is 10.4 Å². The van der Waals surface area contributed by atoms with E-state index in [0.29, 0.717) is 0 Å². The smallest absolute Gasteiger partial charge is 0.106 e. The molecule has 3 N–H and O–H groups in total. The molecule has 1 atom stereocenters. The van der Waals surface area contributed by atoms with Gasteiger partial charge in [-0.25, -0.2) is 4.98 Å². The Morgan fingerprint density at radius 1 is 1.32 bits per heavy atom. The van der Waals surface area contributed by atoms with Crippen molar-refractivity contribution in [3.63, 3.8) is 0 Å². The van der Waals surface area contributed by atoms with Crippen molar-refractivity contribution in [3.05, 3.63) is 41.0 Å². The minimum absolute atomic E-state index is 0.0648. The van der Waals surface area contributed by atoms with Crippen molar-refractivity contribution in [1.29, 1.82) is 0 Å². The molecule has 6 heteroatoms. The fourth-order valence-corrected chi connectivity index (χ4v) is 3.01. The predicted octanol–water partition coefficient (Wildman–Crippen LogP) is 3.02. The van der Waals surface area contributed by atoms with Crippen LogP contribution in [0.4, 0.5) is 0 Å². The molecule has 0 aliphatic carbocycles. The van der Waals surface area contributed by atoms with Crippen molar-refractivity contribution in [2.45, 2.75) is 39.8 Å². The minimum atomic E-state index is -0.0648. The van der Waals surface area contributed by atoms with E-state index in [-0.39, 0.29) is 6.10 Å². The summed E-state index contributed by atoms with van der Waals surface area (Å²) in [7, 11) is 1.96. The monoisotopic (exact) mass is 365 g/mol. The number of hydrogen-bond acceptors (Lipinski definition) is 6. The van der Waals surface area contributed by atoms with Crippen LogP contribution in [0.5, 0.6) is 0 Å². The third-order valence-electron chi connectivity index (χ3n) is 3.38. The highest BCUT2D eigenvalue weighted by Gasteiger charge is 2.08. The van der Waals surface area contributed by atoms with E-state index in [1.807, 2.05) is 40.1 Å². The summed E-state index contributed by atoms with van der Waals surface area (Å²) in [6.07, 6.45) is 0.866. The maximum Gasteiger partial charge on any atom is 0.106 e. The molecule has 25 heavy (non-hydrogen) atoms. The van der Waals surface area contributed by atoms with Gasteiger partial charge < -0.3 is 20.5 Å². The largest absolute Gasteiger partial charge is 0.392 e. The molecule has 140 valence electrons. The molecule has 0 spiro atoms. The number of β-amino-alcohol motifs (C(OH)–C–C–N with tert-alkyl or cyclic N) is 1. The van der Waals surface area contributed by atoms with E-state index in [1.165, 1.54) is 16.0 Å². The molecule has 0 saturated carbocycles. The number of aliphatic hydroxyl groups is 1. The zero-order chi connectivity index (χ0) is 19.1. The Balaban J connectivity index is 0.000000481. The topological polar surface area (TPSA) is 74.2 Å². The Hall–Kier alpha value is -1.60. The number of rotatable bonds is 3. The van der Waals surface area contributed by atoms with Crippen LogP contribution in [0.15, 0.2) is 29.8 Å². The molecule has 1 aromatic heterocycles. The van der Waals surface area contributed by atoms with E-state index < -0.39 is 0 Å². The van der Waals surface area contributed by atoms with Gasteiger partial charge in [-0.3, -0.25) is 0 Å². The molecule has 0 amide bonds. The first-order valence-corrected chi connectivity index (χ1v) is 9.40. The highest BCUT2D eigenvalue weighted by atomic mass is 32.1. The van der Waals surface area contributed by atoms with Crippen molar-refractivity contribution in [1.82, 2.24) is 15.6 Å². The summed E-state index contributed by atoms with van der Waals surface area (Å²) >= 11 is 1.70. The van der Waals surface area contributed by atoms with Crippen LogP contribution in [0.25, 0.3) is 10.4 Å². The average Bonchev–Trinajstić information content (AvgIpc) is 3.31. The normalized spacial score (nSPS) is 15.0. The molecule has 1 unspecified atom stereocenters. The second kappa shape index (κ2) is 14.7.